The Bertz CT molecular complexity index is 605. The average Bonchev–Trinajstić information content (AvgIpc) is 2.97. The van der Waals surface area contributed by atoms with Gasteiger partial charge in [0.2, 0.25) is 5.91 Å². The normalized spacial score (nSPS) is 18.8. The van der Waals surface area contributed by atoms with Crippen LogP contribution in [-0.2, 0) is 16.0 Å². The van der Waals surface area contributed by atoms with Crippen molar-refractivity contribution in [2.24, 2.45) is 0 Å². The molecule has 0 aliphatic carbocycles. The highest BCUT2D eigenvalue weighted by Crippen LogP contribution is 2.13. The molecule has 1 fully saturated rings. The molecule has 0 radical (unpaired) electrons. The van der Waals surface area contributed by atoms with Gasteiger partial charge >= 0.3 is 0 Å². The third kappa shape index (κ3) is 3.47. The zero-order chi connectivity index (χ0) is 15.4. The number of fused-ring (bicyclic) bond motifs is 1. The molecule has 0 unspecified atom stereocenters. The number of carbonyl (C=O) groups excluding carboxylic acids is 1. The molecule has 0 bridgehead atoms. The lowest BCUT2D eigenvalue weighted by Crippen LogP contribution is -2.45. The number of H-pyrrole nitrogens is 1. The minimum Gasteiger partial charge on any atom is -0.375 e. The summed E-state index contributed by atoms with van der Waals surface area (Å²) in [6.07, 6.45) is 3.37. The first-order chi connectivity index (χ1) is 10.8. The van der Waals surface area contributed by atoms with E-state index in [1.807, 2.05) is 29.2 Å². The van der Waals surface area contributed by atoms with Gasteiger partial charge < -0.3 is 14.6 Å². The van der Waals surface area contributed by atoms with Gasteiger partial charge in [-0.25, -0.2) is 4.98 Å². The molecular formula is C17H23N3O2. The van der Waals surface area contributed by atoms with Crippen molar-refractivity contribution < 1.29 is 9.53 Å². The van der Waals surface area contributed by atoms with E-state index in [9.17, 15) is 4.79 Å². The number of ether oxygens (including phenoxy) is 1. The third-order valence-electron chi connectivity index (χ3n) is 4.19. The molecular weight excluding hydrogens is 278 g/mol. The number of aryl methyl sites for hydroxylation is 1. The van der Waals surface area contributed by atoms with Gasteiger partial charge in [0.15, 0.2) is 0 Å². The lowest BCUT2D eigenvalue weighted by molar-refractivity contribution is -0.138. The van der Waals surface area contributed by atoms with Crippen molar-refractivity contribution in [3.63, 3.8) is 0 Å². The second-order valence-electron chi connectivity index (χ2n) is 5.80. The molecule has 0 spiro atoms. The number of para-hydroxylation sites is 2. The molecule has 5 heteroatoms. The largest absolute Gasteiger partial charge is 0.375 e. The average molecular weight is 301 g/mol. The predicted octanol–water partition coefficient (Wildman–Crippen LogP) is 2.52. The van der Waals surface area contributed by atoms with Crippen molar-refractivity contribution in [2.75, 3.05) is 19.7 Å². The Labute approximate surface area is 130 Å². The maximum Gasteiger partial charge on any atom is 0.222 e. The minimum absolute atomic E-state index is 0.202. The predicted molar refractivity (Wildman–Crippen MR) is 85.6 cm³/mol. The van der Waals surface area contributed by atoms with Gasteiger partial charge in [0.05, 0.1) is 23.7 Å². The Morgan fingerprint density at radius 2 is 2.32 bits per heavy atom. The van der Waals surface area contributed by atoms with Gasteiger partial charge in [-0.05, 0) is 25.0 Å². The van der Waals surface area contributed by atoms with E-state index in [1.165, 1.54) is 0 Å². The molecule has 1 aromatic carbocycles. The van der Waals surface area contributed by atoms with Crippen LogP contribution in [0.5, 0.6) is 0 Å². The van der Waals surface area contributed by atoms with E-state index in [0.29, 0.717) is 13.0 Å². The monoisotopic (exact) mass is 301 g/mol. The molecule has 1 atom stereocenters. The van der Waals surface area contributed by atoms with Crippen molar-refractivity contribution in [1.82, 2.24) is 14.9 Å². The molecule has 2 heterocycles. The van der Waals surface area contributed by atoms with E-state index >= 15 is 0 Å². The fourth-order valence-corrected chi connectivity index (χ4v) is 2.88. The van der Waals surface area contributed by atoms with E-state index in [4.69, 9.17) is 4.74 Å². The Hall–Kier alpha value is -1.88. The molecule has 1 saturated heterocycles. The standard InChI is InChI=1S/C17H23N3O2/c1-2-13-12-20(10-11-22-13)17(21)9-5-8-16-18-14-6-3-4-7-15(14)19-16/h3-4,6-7,13H,2,5,8-12H2,1H3,(H,18,19)/t13-/m1/s1. The van der Waals surface area contributed by atoms with Crippen LogP contribution in [0.25, 0.3) is 11.0 Å². The van der Waals surface area contributed by atoms with E-state index in [1.54, 1.807) is 0 Å². The number of hydrogen-bond donors (Lipinski definition) is 1. The van der Waals surface area contributed by atoms with Crippen molar-refractivity contribution >= 4 is 16.9 Å². The number of nitrogens with one attached hydrogen (secondary N) is 1. The third-order valence-corrected chi connectivity index (χ3v) is 4.19. The fraction of sp³-hybridized carbons (Fsp3) is 0.529. The second kappa shape index (κ2) is 6.92. The molecule has 1 aliphatic rings. The fourth-order valence-electron chi connectivity index (χ4n) is 2.88. The molecule has 0 saturated carbocycles. The molecule has 1 amide bonds. The summed E-state index contributed by atoms with van der Waals surface area (Å²) in [5.41, 5.74) is 2.05. The molecule has 3 rings (SSSR count). The van der Waals surface area contributed by atoms with Gasteiger partial charge in [0, 0.05) is 25.9 Å². The number of nitrogens with zero attached hydrogens (tertiary/aromatic N) is 2. The zero-order valence-corrected chi connectivity index (χ0v) is 13.0. The van der Waals surface area contributed by atoms with Gasteiger partial charge in [-0.2, -0.15) is 0 Å². The number of hydrogen-bond acceptors (Lipinski definition) is 3. The van der Waals surface area contributed by atoms with E-state index in [0.717, 1.165) is 49.2 Å². The van der Waals surface area contributed by atoms with Crippen LogP contribution >= 0.6 is 0 Å². The summed E-state index contributed by atoms with van der Waals surface area (Å²) < 4.78 is 5.61. The van der Waals surface area contributed by atoms with Crippen LogP contribution in [0.15, 0.2) is 24.3 Å². The maximum atomic E-state index is 12.3. The number of amides is 1. The highest BCUT2D eigenvalue weighted by Gasteiger charge is 2.22. The number of imidazole rings is 1. The second-order valence-corrected chi connectivity index (χ2v) is 5.80. The number of benzene rings is 1. The van der Waals surface area contributed by atoms with Crippen LogP contribution in [0.2, 0.25) is 0 Å². The van der Waals surface area contributed by atoms with Crippen LogP contribution in [0, 0.1) is 0 Å². The first kappa shape index (κ1) is 15.0. The van der Waals surface area contributed by atoms with Crippen LogP contribution in [0.3, 0.4) is 0 Å². The van der Waals surface area contributed by atoms with Crippen LogP contribution < -0.4 is 0 Å². The summed E-state index contributed by atoms with van der Waals surface area (Å²) in [6.45, 7) is 4.22. The molecule has 5 nitrogen and oxygen atoms in total. The summed E-state index contributed by atoms with van der Waals surface area (Å²) in [7, 11) is 0. The molecule has 1 N–H and O–H groups in total. The van der Waals surface area contributed by atoms with Gasteiger partial charge in [0.1, 0.15) is 5.82 Å². The lowest BCUT2D eigenvalue weighted by Gasteiger charge is -2.32. The van der Waals surface area contributed by atoms with Crippen molar-refractivity contribution in [1.29, 1.82) is 0 Å². The van der Waals surface area contributed by atoms with Gasteiger partial charge in [0.25, 0.3) is 0 Å². The Kier molecular flexibility index (Phi) is 4.73. The number of aromatic nitrogens is 2. The number of aromatic amines is 1. The minimum atomic E-state index is 0.202. The van der Waals surface area contributed by atoms with E-state index in [2.05, 4.69) is 16.9 Å². The van der Waals surface area contributed by atoms with Gasteiger partial charge in [-0.15, -0.1) is 0 Å². The zero-order valence-electron chi connectivity index (χ0n) is 13.0. The van der Waals surface area contributed by atoms with Crippen molar-refractivity contribution in [2.45, 2.75) is 38.7 Å². The smallest absolute Gasteiger partial charge is 0.222 e. The topological polar surface area (TPSA) is 58.2 Å². The molecule has 22 heavy (non-hydrogen) atoms. The summed E-state index contributed by atoms with van der Waals surface area (Å²) >= 11 is 0. The van der Waals surface area contributed by atoms with Crippen LogP contribution in [0.1, 0.15) is 32.0 Å². The highest BCUT2D eigenvalue weighted by atomic mass is 16.5. The number of morpholine rings is 1. The molecule has 1 aromatic heterocycles. The maximum absolute atomic E-state index is 12.3. The highest BCUT2D eigenvalue weighted by molar-refractivity contribution is 5.76. The Balaban J connectivity index is 1.49. The molecule has 2 aromatic rings. The molecule has 118 valence electrons. The molecule has 1 aliphatic heterocycles. The summed E-state index contributed by atoms with van der Waals surface area (Å²) in [5, 5.41) is 0. The van der Waals surface area contributed by atoms with Gasteiger partial charge in [-0.3, -0.25) is 4.79 Å². The van der Waals surface area contributed by atoms with Crippen LogP contribution in [-0.4, -0.2) is 46.6 Å². The Morgan fingerprint density at radius 1 is 1.45 bits per heavy atom. The van der Waals surface area contributed by atoms with E-state index in [-0.39, 0.29) is 12.0 Å². The number of rotatable bonds is 5. The van der Waals surface area contributed by atoms with Crippen LogP contribution in [0.4, 0.5) is 0 Å². The lowest BCUT2D eigenvalue weighted by atomic mass is 10.1. The summed E-state index contributed by atoms with van der Waals surface area (Å²) in [6, 6.07) is 8.00. The summed E-state index contributed by atoms with van der Waals surface area (Å²) in [4.78, 5) is 22.1. The number of carbonyl (C=O) groups is 1. The van der Waals surface area contributed by atoms with Crippen molar-refractivity contribution in [3.8, 4) is 0 Å². The van der Waals surface area contributed by atoms with E-state index < -0.39 is 0 Å². The van der Waals surface area contributed by atoms with Crippen molar-refractivity contribution in [3.05, 3.63) is 30.1 Å². The first-order valence-corrected chi connectivity index (χ1v) is 8.09. The van der Waals surface area contributed by atoms with Gasteiger partial charge in [-0.1, -0.05) is 19.1 Å². The quantitative estimate of drug-likeness (QED) is 0.923. The first-order valence-electron chi connectivity index (χ1n) is 8.09. The summed E-state index contributed by atoms with van der Waals surface area (Å²) in [5.74, 6) is 1.19. The SMILES string of the molecule is CC[C@@H]1CN(C(=O)CCCc2nc3ccccc3[nH]2)CCO1. The Morgan fingerprint density at radius 3 is 3.14 bits per heavy atom.